The fraction of sp³-hybridized carbons (Fsp3) is 0.222. The first-order chi connectivity index (χ1) is 6.59. The zero-order valence-electron chi connectivity index (χ0n) is 7.19. The Labute approximate surface area is 88.4 Å². The minimum Gasteiger partial charge on any atom is -0.346 e. The predicted octanol–water partition coefficient (Wildman–Crippen LogP) is 2.61. The van der Waals surface area contributed by atoms with Crippen LogP contribution in [0.1, 0.15) is 5.56 Å². The molecule has 0 fully saturated rings. The summed E-state index contributed by atoms with van der Waals surface area (Å²) in [4.78, 5) is 10.1. The van der Waals surface area contributed by atoms with Crippen LogP contribution in [0, 0.1) is 11.6 Å². The van der Waals surface area contributed by atoms with Crippen LogP contribution in [0.4, 0.5) is 13.6 Å². The fourth-order valence-corrected chi connectivity index (χ4v) is 1.20. The third kappa shape index (κ3) is 3.41. The van der Waals surface area contributed by atoms with Gasteiger partial charge in [0.2, 0.25) is 0 Å². The van der Waals surface area contributed by atoms with Crippen molar-refractivity contribution in [2.24, 2.45) is 0 Å². The van der Waals surface area contributed by atoms with Gasteiger partial charge in [0.05, 0.1) is 0 Å². The number of hydrogen-bond acceptors (Lipinski definition) is 1. The van der Waals surface area contributed by atoms with E-state index in [1.165, 1.54) is 6.07 Å². The summed E-state index contributed by atoms with van der Waals surface area (Å²) in [6.07, 6.45) is 0.467. The summed E-state index contributed by atoms with van der Waals surface area (Å²) >= 11 is 2.69. The lowest BCUT2D eigenvalue weighted by molar-refractivity contribution is 0.262. The number of rotatable bonds is 3. The summed E-state index contributed by atoms with van der Waals surface area (Å²) in [6.45, 7) is 0.384. The van der Waals surface area contributed by atoms with E-state index >= 15 is 0 Å². The van der Waals surface area contributed by atoms with Gasteiger partial charge in [-0.1, -0.05) is 6.07 Å². The van der Waals surface area contributed by atoms with Crippen LogP contribution in [-0.2, 0) is 6.42 Å². The molecule has 0 aliphatic rings. The average Bonchev–Trinajstić information content (AvgIpc) is 2.10. The monoisotopic (exact) mass is 263 g/mol. The molecule has 14 heavy (non-hydrogen) atoms. The standard InChI is InChI=1S/C9H8BrF2NO/c10-9(14)13-4-3-6-1-2-7(11)8(12)5-6/h1-2,5H,3-4H2,(H,13,14). The number of benzene rings is 1. The quantitative estimate of drug-likeness (QED) is 0.659. The molecular formula is C9H8BrF2NO. The van der Waals surface area contributed by atoms with Crippen molar-refractivity contribution >= 4 is 20.7 Å². The number of carbonyl (C=O) groups excluding carboxylic acids is 1. The molecule has 1 N–H and O–H groups in total. The van der Waals surface area contributed by atoms with Crippen LogP contribution in [0.15, 0.2) is 18.2 Å². The van der Waals surface area contributed by atoms with E-state index in [1.54, 1.807) is 0 Å². The van der Waals surface area contributed by atoms with Crippen LogP contribution >= 0.6 is 15.9 Å². The molecule has 0 aromatic heterocycles. The lowest BCUT2D eigenvalue weighted by Gasteiger charge is -2.02. The Morgan fingerprint density at radius 3 is 2.64 bits per heavy atom. The van der Waals surface area contributed by atoms with Gasteiger partial charge in [-0.15, -0.1) is 0 Å². The molecule has 0 radical (unpaired) electrons. The lowest BCUT2D eigenvalue weighted by atomic mass is 10.1. The predicted molar refractivity (Wildman–Crippen MR) is 52.4 cm³/mol. The van der Waals surface area contributed by atoms with Gasteiger partial charge in [-0.2, -0.15) is 0 Å². The van der Waals surface area contributed by atoms with Crippen molar-refractivity contribution in [1.29, 1.82) is 0 Å². The van der Waals surface area contributed by atoms with Gasteiger partial charge in [-0.25, -0.2) is 8.78 Å². The molecule has 1 amide bonds. The molecule has 0 saturated carbocycles. The Morgan fingerprint density at radius 1 is 1.36 bits per heavy atom. The van der Waals surface area contributed by atoms with Crippen LogP contribution in [0.25, 0.3) is 0 Å². The van der Waals surface area contributed by atoms with Crippen LogP contribution in [0.3, 0.4) is 0 Å². The van der Waals surface area contributed by atoms with Crippen molar-refractivity contribution in [3.05, 3.63) is 35.4 Å². The number of amides is 1. The Morgan fingerprint density at radius 2 is 2.07 bits per heavy atom. The average molecular weight is 264 g/mol. The molecule has 1 rings (SSSR count). The van der Waals surface area contributed by atoms with Gasteiger partial charge in [-0.3, -0.25) is 4.79 Å². The van der Waals surface area contributed by atoms with Crippen molar-refractivity contribution < 1.29 is 13.6 Å². The van der Waals surface area contributed by atoms with E-state index in [0.29, 0.717) is 18.5 Å². The Balaban J connectivity index is 2.51. The summed E-state index contributed by atoms with van der Waals surface area (Å²) in [6, 6.07) is 3.68. The highest BCUT2D eigenvalue weighted by Gasteiger charge is 2.02. The van der Waals surface area contributed by atoms with Gasteiger partial charge in [0.1, 0.15) is 0 Å². The van der Waals surface area contributed by atoms with E-state index in [9.17, 15) is 13.6 Å². The Hall–Kier alpha value is -0.970. The molecule has 0 aliphatic carbocycles. The number of hydrogen-bond donors (Lipinski definition) is 1. The van der Waals surface area contributed by atoms with E-state index in [4.69, 9.17) is 0 Å². The first-order valence-electron chi connectivity index (χ1n) is 3.97. The maximum Gasteiger partial charge on any atom is 0.287 e. The minimum absolute atomic E-state index is 0.319. The first kappa shape index (κ1) is 11.1. The second-order valence-electron chi connectivity index (χ2n) is 2.70. The molecule has 1 aromatic carbocycles. The molecular weight excluding hydrogens is 256 g/mol. The highest BCUT2D eigenvalue weighted by atomic mass is 79.9. The van der Waals surface area contributed by atoms with E-state index in [1.807, 2.05) is 0 Å². The molecule has 0 bridgehead atoms. The zero-order chi connectivity index (χ0) is 10.6. The van der Waals surface area contributed by atoms with Crippen LogP contribution in [0.5, 0.6) is 0 Å². The SMILES string of the molecule is O=C(Br)NCCc1ccc(F)c(F)c1. The third-order valence-corrected chi connectivity index (χ3v) is 1.94. The molecule has 0 heterocycles. The van der Waals surface area contributed by atoms with E-state index in [2.05, 4.69) is 21.2 Å². The summed E-state index contributed by atoms with van der Waals surface area (Å²) in [7, 11) is 0. The maximum atomic E-state index is 12.7. The molecule has 1 aromatic rings. The summed E-state index contributed by atoms with van der Waals surface area (Å²) in [5, 5.41) is 2.49. The zero-order valence-corrected chi connectivity index (χ0v) is 8.77. The largest absolute Gasteiger partial charge is 0.346 e. The fourth-order valence-electron chi connectivity index (χ4n) is 1.00. The highest BCUT2D eigenvalue weighted by molar-refractivity contribution is 9.18. The lowest BCUT2D eigenvalue weighted by Crippen LogP contribution is -2.19. The van der Waals surface area contributed by atoms with Crippen LogP contribution in [0.2, 0.25) is 0 Å². The first-order valence-corrected chi connectivity index (χ1v) is 4.76. The topological polar surface area (TPSA) is 29.1 Å². The van der Waals surface area contributed by atoms with Crippen molar-refractivity contribution in [1.82, 2.24) is 5.32 Å². The van der Waals surface area contributed by atoms with Gasteiger partial charge in [0, 0.05) is 22.5 Å². The van der Waals surface area contributed by atoms with Gasteiger partial charge in [0.15, 0.2) is 11.6 Å². The van der Waals surface area contributed by atoms with Crippen molar-refractivity contribution in [3.8, 4) is 0 Å². The maximum absolute atomic E-state index is 12.7. The molecule has 0 unspecified atom stereocenters. The molecule has 76 valence electrons. The third-order valence-electron chi connectivity index (χ3n) is 1.66. The Kier molecular flexibility index (Phi) is 4.00. The summed E-state index contributed by atoms with van der Waals surface area (Å²) < 4.78 is 25.2. The van der Waals surface area contributed by atoms with E-state index < -0.39 is 11.6 Å². The van der Waals surface area contributed by atoms with Crippen LogP contribution in [-0.4, -0.2) is 11.4 Å². The minimum atomic E-state index is -0.868. The van der Waals surface area contributed by atoms with E-state index in [0.717, 1.165) is 12.1 Å². The summed E-state index contributed by atoms with van der Waals surface area (Å²) in [5.74, 6) is -1.73. The molecule has 0 spiro atoms. The molecule has 5 heteroatoms. The van der Waals surface area contributed by atoms with Gasteiger partial charge < -0.3 is 5.32 Å². The molecule has 0 aliphatic heterocycles. The Bertz CT molecular complexity index is 344. The normalized spacial score (nSPS) is 9.93. The van der Waals surface area contributed by atoms with Crippen molar-refractivity contribution in [2.75, 3.05) is 6.54 Å². The van der Waals surface area contributed by atoms with Gasteiger partial charge in [0.25, 0.3) is 4.82 Å². The summed E-state index contributed by atoms with van der Waals surface area (Å²) in [5.41, 5.74) is 0.644. The van der Waals surface area contributed by atoms with Gasteiger partial charge >= 0.3 is 0 Å². The van der Waals surface area contributed by atoms with Gasteiger partial charge in [-0.05, 0) is 24.1 Å². The van der Waals surface area contributed by atoms with Crippen molar-refractivity contribution in [3.63, 3.8) is 0 Å². The second kappa shape index (κ2) is 5.05. The second-order valence-corrected chi connectivity index (χ2v) is 3.42. The number of nitrogens with one attached hydrogen (secondary N) is 1. The molecule has 0 saturated heterocycles. The number of carbonyl (C=O) groups is 1. The smallest absolute Gasteiger partial charge is 0.287 e. The van der Waals surface area contributed by atoms with Crippen molar-refractivity contribution in [2.45, 2.75) is 6.42 Å². The highest BCUT2D eigenvalue weighted by Crippen LogP contribution is 2.08. The molecule has 0 atom stereocenters. The molecule has 2 nitrogen and oxygen atoms in total. The van der Waals surface area contributed by atoms with Crippen LogP contribution < -0.4 is 5.32 Å². The number of halogens is 3. The van der Waals surface area contributed by atoms with E-state index in [-0.39, 0.29) is 4.82 Å².